The maximum atomic E-state index is 12.3. The molecule has 1 aromatic carbocycles. The van der Waals surface area contributed by atoms with Crippen molar-refractivity contribution in [1.29, 1.82) is 0 Å². The minimum absolute atomic E-state index is 0.0445. The number of nitrogens with one attached hydrogen (secondary N) is 1. The molecular formula is C19H20N2O5. The topological polar surface area (TPSA) is 99.8 Å². The second-order valence-corrected chi connectivity index (χ2v) is 6.45. The number of benzene rings is 1. The molecule has 1 atom stereocenters. The Labute approximate surface area is 150 Å². The van der Waals surface area contributed by atoms with Crippen molar-refractivity contribution >= 4 is 17.8 Å². The number of amides is 2. The second-order valence-electron chi connectivity index (χ2n) is 6.45. The summed E-state index contributed by atoms with van der Waals surface area (Å²) in [6, 6.07) is 10.8. The van der Waals surface area contributed by atoms with E-state index < -0.39 is 11.9 Å². The van der Waals surface area contributed by atoms with E-state index >= 15 is 0 Å². The van der Waals surface area contributed by atoms with E-state index in [0.717, 1.165) is 11.1 Å². The van der Waals surface area contributed by atoms with Gasteiger partial charge in [0.2, 0.25) is 17.6 Å². The Morgan fingerprint density at radius 1 is 1.23 bits per heavy atom. The van der Waals surface area contributed by atoms with Crippen molar-refractivity contribution in [3.8, 4) is 0 Å². The van der Waals surface area contributed by atoms with E-state index in [-0.39, 0.29) is 30.5 Å². The SMILES string of the molecule is Cc1ccc(CN2C[C@@H](C(=O)NCc3ccc(C(=O)O)o3)CC2=O)cc1. The molecule has 2 aromatic rings. The van der Waals surface area contributed by atoms with Crippen LogP contribution in [0.2, 0.25) is 0 Å². The number of likely N-dealkylation sites (tertiary alicyclic amines) is 1. The van der Waals surface area contributed by atoms with Gasteiger partial charge in [-0.15, -0.1) is 0 Å². The number of aromatic carboxylic acids is 1. The number of nitrogens with zero attached hydrogens (tertiary/aromatic N) is 1. The quantitative estimate of drug-likeness (QED) is 0.824. The number of carboxylic acids is 1. The molecule has 3 rings (SSSR count). The van der Waals surface area contributed by atoms with Crippen LogP contribution in [0.1, 0.15) is 33.9 Å². The average molecular weight is 356 g/mol. The van der Waals surface area contributed by atoms with Crippen molar-refractivity contribution in [2.45, 2.75) is 26.4 Å². The minimum atomic E-state index is -1.16. The first-order valence-electron chi connectivity index (χ1n) is 8.35. The van der Waals surface area contributed by atoms with Crippen molar-refractivity contribution in [2.75, 3.05) is 6.54 Å². The Morgan fingerprint density at radius 3 is 2.62 bits per heavy atom. The lowest BCUT2D eigenvalue weighted by Gasteiger charge is -2.16. The molecule has 7 heteroatoms. The van der Waals surface area contributed by atoms with Crippen LogP contribution in [-0.2, 0) is 22.7 Å². The maximum Gasteiger partial charge on any atom is 0.371 e. The molecule has 0 aliphatic carbocycles. The van der Waals surface area contributed by atoms with Gasteiger partial charge in [-0.2, -0.15) is 0 Å². The predicted molar refractivity (Wildman–Crippen MR) is 92.2 cm³/mol. The lowest BCUT2D eigenvalue weighted by Crippen LogP contribution is -2.32. The third-order valence-corrected chi connectivity index (χ3v) is 4.39. The minimum Gasteiger partial charge on any atom is -0.475 e. The van der Waals surface area contributed by atoms with Gasteiger partial charge in [0.05, 0.1) is 12.5 Å². The number of carbonyl (C=O) groups excluding carboxylic acids is 2. The molecule has 2 N–H and O–H groups in total. The highest BCUT2D eigenvalue weighted by Crippen LogP contribution is 2.21. The predicted octanol–water partition coefficient (Wildman–Crippen LogP) is 1.95. The number of rotatable bonds is 6. The molecule has 2 amide bonds. The van der Waals surface area contributed by atoms with E-state index in [4.69, 9.17) is 9.52 Å². The molecule has 2 heterocycles. The molecule has 0 spiro atoms. The van der Waals surface area contributed by atoms with Crippen molar-refractivity contribution in [3.05, 3.63) is 59.0 Å². The van der Waals surface area contributed by atoms with Crippen LogP contribution in [0.4, 0.5) is 0 Å². The molecule has 0 saturated carbocycles. The zero-order valence-electron chi connectivity index (χ0n) is 14.4. The van der Waals surface area contributed by atoms with Gasteiger partial charge in [0.15, 0.2) is 0 Å². The van der Waals surface area contributed by atoms with Gasteiger partial charge < -0.3 is 19.7 Å². The third-order valence-electron chi connectivity index (χ3n) is 4.39. The molecule has 7 nitrogen and oxygen atoms in total. The van der Waals surface area contributed by atoms with Crippen molar-refractivity contribution < 1.29 is 23.9 Å². The number of carbonyl (C=O) groups is 3. The summed E-state index contributed by atoms with van der Waals surface area (Å²) in [5.41, 5.74) is 2.18. The van der Waals surface area contributed by atoms with Crippen LogP contribution in [0, 0.1) is 12.8 Å². The van der Waals surface area contributed by atoms with E-state index in [1.165, 1.54) is 12.1 Å². The Balaban J connectivity index is 1.53. The van der Waals surface area contributed by atoms with Crippen LogP contribution in [-0.4, -0.2) is 34.3 Å². The highest BCUT2D eigenvalue weighted by atomic mass is 16.4. The summed E-state index contributed by atoms with van der Waals surface area (Å²) in [5.74, 6) is -1.67. The van der Waals surface area contributed by atoms with Crippen molar-refractivity contribution in [1.82, 2.24) is 10.2 Å². The first-order valence-corrected chi connectivity index (χ1v) is 8.35. The lowest BCUT2D eigenvalue weighted by molar-refractivity contribution is -0.129. The number of hydrogen-bond acceptors (Lipinski definition) is 4. The number of carboxylic acid groups (broad SMARTS) is 1. The first kappa shape index (κ1) is 17.7. The van der Waals surface area contributed by atoms with E-state index in [1.54, 1.807) is 4.90 Å². The monoisotopic (exact) mass is 356 g/mol. The van der Waals surface area contributed by atoms with Crippen molar-refractivity contribution in [3.63, 3.8) is 0 Å². The van der Waals surface area contributed by atoms with Gasteiger partial charge in [-0.25, -0.2) is 4.79 Å². The van der Waals surface area contributed by atoms with Gasteiger partial charge in [0, 0.05) is 19.5 Å². The second kappa shape index (κ2) is 7.43. The third kappa shape index (κ3) is 4.11. The zero-order chi connectivity index (χ0) is 18.7. The molecule has 1 aromatic heterocycles. The summed E-state index contributed by atoms with van der Waals surface area (Å²) in [5, 5.41) is 11.5. The van der Waals surface area contributed by atoms with Crippen molar-refractivity contribution in [2.24, 2.45) is 5.92 Å². The fourth-order valence-electron chi connectivity index (χ4n) is 2.92. The zero-order valence-corrected chi connectivity index (χ0v) is 14.4. The lowest BCUT2D eigenvalue weighted by atomic mass is 10.1. The normalized spacial score (nSPS) is 16.7. The van der Waals surface area contributed by atoms with Gasteiger partial charge in [-0.1, -0.05) is 29.8 Å². The Hall–Kier alpha value is -3.09. The van der Waals surface area contributed by atoms with Gasteiger partial charge in [-0.3, -0.25) is 9.59 Å². The summed E-state index contributed by atoms with van der Waals surface area (Å²) in [6.45, 7) is 2.96. The van der Waals surface area contributed by atoms with Crippen LogP contribution >= 0.6 is 0 Å². The Bertz CT molecular complexity index is 825. The Kier molecular flexibility index (Phi) is 5.06. The van der Waals surface area contributed by atoms with Gasteiger partial charge in [0.1, 0.15) is 5.76 Å². The standard InChI is InChI=1S/C19H20N2O5/c1-12-2-4-13(5-3-12)10-21-11-14(8-17(21)22)18(23)20-9-15-6-7-16(26-15)19(24)25/h2-7,14H,8-11H2,1H3,(H,20,23)(H,24,25)/t14-/m0/s1. The van der Waals surface area contributed by atoms with E-state index in [9.17, 15) is 14.4 Å². The summed E-state index contributed by atoms with van der Waals surface area (Å²) in [7, 11) is 0. The largest absolute Gasteiger partial charge is 0.475 e. The maximum absolute atomic E-state index is 12.3. The average Bonchev–Trinajstić information content (AvgIpc) is 3.22. The van der Waals surface area contributed by atoms with Gasteiger partial charge >= 0.3 is 5.97 Å². The van der Waals surface area contributed by atoms with Crippen LogP contribution in [0.3, 0.4) is 0 Å². The number of aryl methyl sites for hydroxylation is 1. The van der Waals surface area contributed by atoms with E-state index in [2.05, 4.69) is 5.32 Å². The molecule has 1 aliphatic heterocycles. The van der Waals surface area contributed by atoms with E-state index in [1.807, 2.05) is 31.2 Å². The van der Waals surface area contributed by atoms with Gasteiger partial charge in [-0.05, 0) is 24.6 Å². The molecule has 1 saturated heterocycles. The van der Waals surface area contributed by atoms with Crippen LogP contribution in [0.15, 0.2) is 40.8 Å². The van der Waals surface area contributed by atoms with Crippen LogP contribution in [0.5, 0.6) is 0 Å². The smallest absolute Gasteiger partial charge is 0.371 e. The molecule has 0 unspecified atom stereocenters. The molecule has 0 radical (unpaired) electrons. The van der Waals surface area contributed by atoms with Crippen LogP contribution in [0.25, 0.3) is 0 Å². The highest BCUT2D eigenvalue weighted by molar-refractivity contribution is 5.89. The molecular weight excluding hydrogens is 336 g/mol. The van der Waals surface area contributed by atoms with Crippen LogP contribution < -0.4 is 5.32 Å². The number of furan rings is 1. The molecule has 136 valence electrons. The molecule has 1 fully saturated rings. The molecule has 26 heavy (non-hydrogen) atoms. The molecule has 0 bridgehead atoms. The Morgan fingerprint density at radius 2 is 1.96 bits per heavy atom. The summed E-state index contributed by atoms with van der Waals surface area (Å²) >= 11 is 0. The van der Waals surface area contributed by atoms with Gasteiger partial charge in [0.25, 0.3) is 0 Å². The summed E-state index contributed by atoms with van der Waals surface area (Å²) in [4.78, 5) is 36.9. The molecule has 1 aliphatic rings. The first-order chi connectivity index (χ1) is 12.4. The fraction of sp³-hybridized carbons (Fsp3) is 0.316. The fourth-order valence-corrected chi connectivity index (χ4v) is 2.92. The highest BCUT2D eigenvalue weighted by Gasteiger charge is 2.34. The summed E-state index contributed by atoms with van der Waals surface area (Å²) < 4.78 is 5.10. The number of hydrogen-bond donors (Lipinski definition) is 2. The summed E-state index contributed by atoms with van der Waals surface area (Å²) in [6.07, 6.45) is 0.177. The van der Waals surface area contributed by atoms with E-state index in [0.29, 0.717) is 18.8 Å².